The van der Waals surface area contributed by atoms with Crippen molar-refractivity contribution >= 4 is 60.2 Å². The summed E-state index contributed by atoms with van der Waals surface area (Å²) in [6.07, 6.45) is 0. The molecule has 0 unspecified atom stereocenters. The molecule has 12 heteroatoms. The third-order valence-corrected chi connectivity index (χ3v) is 0. The van der Waals surface area contributed by atoms with Crippen LogP contribution >= 0.6 is 40.0 Å². The van der Waals surface area contributed by atoms with Crippen LogP contribution in [0.5, 0.6) is 0 Å². The van der Waals surface area contributed by atoms with E-state index in [1.165, 1.54) is 0 Å². The Morgan fingerprint density at radius 2 is 1.17 bits per heavy atom. The predicted molar refractivity (Wildman–Crippen MR) is 41.9 cm³/mol. The van der Waals surface area contributed by atoms with Crippen LogP contribution in [-0.4, -0.2) is 13.3 Å². The third-order valence-electron chi connectivity index (χ3n) is 0. The molecule has 0 aromatic carbocycles. The van der Waals surface area contributed by atoms with Gasteiger partial charge in [-0.05, 0) is 11.2 Å². The molecule has 0 saturated carbocycles. The van der Waals surface area contributed by atoms with E-state index in [1.807, 2.05) is 0 Å². The summed E-state index contributed by atoms with van der Waals surface area (Å²) in [7, 11) is 10.5. The summed E-state index contributed by atoms with van der Waals surface area (Å²) >= 11 is 1.46. The second-order valence-electron chi connectivity index (χ2n) is 0.537. The molecule has 0 amide bonds. The van der Waals surface area contributed by atoms with Crippen LogP contribution in [0.2, 0.25) is 0 Å². The molecule has 72 valence electrons. The maximum atomic E-state index is 8.89. The van der Waals surface area contributed by atoms with E-state index in [2.05, 4.69) is 11.2 Å². The Morgan fingerprint density at radius 1 is 1.17 bits per heavy atom. The molecule has 0 aromatic rings. The van der Waals surface area contributed by atoms with Gasteiger partial charge < -0.3 is 9.11 Å². The van der Waals surface area contributed by atoms with Crippen LogP contribution < -0.4 is 59.1 Å². The SMILES string of the molecule is Cl.O=S([O-])([O-])=S.[Cl][Au]([Cl])[Cl].[Na+].[Na+]. The summed E-state index contributed by atoms with van der Waals surface area (Å²) in [6.45, 7) is 0. The minimum absolute atomic E-state index is 0. The van der Waals surface area contributed by atoms with E-state index in [4.69, 9.17) is 40.9 Å². The average Bonchev–Trinajstić information content (AvgIpc) is 1.19. The van der Waals surface area contributed by atoms with E-state index >= 15 is 0 Å². The molecule has 0 fully saturated rings. The molecule has 0 aliphatic heterocycles. The van der Waals surface area contributed by atoms with E-state index in [9.17, 15) is 0 Å². The monoisotopic (exact) mass is 496 g/mol. The quantitative estimate of drug-likeness (QED) is 0.317. The second-order valence-corrected chi connectivity index (χ2v) is 12.0. The molecule has 0 aliphatic rings. The minimum Gasteiger partial charge on any atom is 1.00 e. The molecule has 0 spiro atoms. The van der Waals surface area contributed by atoms with E-state index in [0.717, 1.165) is 0 Å². The minimum atomic E-state index is -4.33. The van der Waals surface area contributed by atoms with Crippen LogP contribution in [0.4, 0.5) is 0 Å². The summed E-state index contributed by atoms with van der Waals surface area (Å²) in [6, 6.07) is 0. The van der Waals surface area contributed by atoms with Crippen LogP contribution in [0, 0.1) is 0 Å². The van der Waals surface area contributed by atoms with Gasteiger partial charge in [0.25, 0.3) is 0 Å². The first-order valence-corrected chi connectivity index (χ1v) is 11.4. The van der Waals surface area contributed by atoms with Gasteiger partial charge >= 0.3 is 102 Å². The summed E-state index contributed by atoms with van der Waals surface area (Å²) in [5, 5.41) is 0. The zero-order chi connectivity index (χ0) is 8.08. The summed E-state index contributed by atoms with van der Waals surface area (Å²) in [5.74, 6) is 0. The molecular weight excluding hydrogens is 497 g/mol. The molecule has 12 heavy (non-hydrogen) atoms. The fourth-order valence-electron chi connectivity index (χ4n) is 0. The van der Waals surface area contributed by atoms with Gasteiger partial charge in [0.05, 0.1) is 0 Å². The van der Waals surface area contributed by atoms with Crippen LogP contribution in [0.15, 0.2) is 0 Å². The van der Waals surface area contributed by atoms with Gasteiger partial charge in [0, 0.05) is 0 Å². The van der Waals surface area contributed by atoms with Gasteiger partial charge in [-0.2, -0.15) is 0 Å². The van der Waals surface area contributed by atoms with Gasteiger partial charge in [-0.1, -0.05) is 0 Å². The Kier molecular flexibility index (Phi) is 43.7. The van der Waals surface area contributed by atoms with Gasteiger partial charge in [-0.25, -0.2) is 0 Å². The van der Waals surface area contributed by atoms with Crippen LogP contribution in [-0.2, 0) is 35.4 Å². The third kappa shape index (κ3) is 141. The van der Waals surface area contributed by atoms with Gasteiger partial charge in [0.1, 0.15) is 0 Å². The largest absolute Gasteiger partial charge is 1.00 e. The first kappa shape index (κ1) is 29.8. The molecule has 3 nitrogen and oxygen atoms in total. The summed E-state index contributed by atoms with van der Waals surface area (Å²) in [4.78, 5) is 0. The zero-order valence-electron chi connectivity index (χ0n) is 5.88. The maximum Gasteiger partial charge on any atom is 1.00 e. The first-order valence-electron chi connectivity index (χ1n) is 1.01. The van der Waals surface area contributed by atoms with Crippen molar-refractivity contribution in [2.45, 2.75) is 0 Å². The fourth-order valence-corrected chi connectivity index (χ4v) is 0. The molecular formula is HAuCl4Na2O3S2. The van der Waals surface area contributed by atoms with Gasteiger partial charge in [0.2, 0.25) is 0 Å². The zero-order valence-corrected chi connectivity index (χ0v) is 16.8. The van der Waals surface area contributed by atoms with Gasteiger partial charge in [-0.3, -0.25) is 4.21 Å². The van der Waals surface area contributed by atoms with Crippen molar-refractivity contribution in [2.75, 3.05) is 0 Å². The van der Waals surface area contributed by atoms with Crippen molar-refractivity contribution in [3.63, 3.8) is 0 Å². The number of halogens is 4. The van der Waals surface area contributed by atoms with Crippen molar-refractivity contribution in [1.82, 2.24) is 0 Å². The molecule has 0 aliphatic carbocycles. The molecule has 0 N–H and O–H groups in total. The normalized spacial score (nSPS) is 8.58. The molecule has 0 rings (SSSR count). The molecule has 0 aromatic heterocycles. The first-order chi connectivity index (χ1) is 3.73. The number of hydrogen-bond acceptors (Lipinski definition) is 4. The molecule has 0 atom stereocenters. The Hall–Kier alpha value is 4.19. The van der Waals surface area contributed by atoms with Crippen molar-refractivity contribution in [2.24, 2.45) is 0 Å². The average molecular weight is 498 g/mol. The smallest absolute Gasteiger partial charge is 1.00 e. The summed E-state index contributed by atoms with van der Waals surface area (Å²) < 4.78 is 26.7. The predicted octanol–water partition coefficient (Wildman–Crippen LogP) is -4.51. The topological polar surface area (TPSA) is 63.2 Å². The second kappa shape index (κ2) is 17.6. The Balaban J connectivity index is -0.0000000221. The fraction of sp³-hybridized carbons (Fsp3) is 0. The number of rotatable bonds is 0. The van der Waals surface area contributed by atoms with E-state index in [-0.39, 0.29) is 71.5 Å². The molecule has 0 bridgehead atoms. The Morgan fingerprint density at radius 3 is 1.17 bits per heavy atom. The van der Waals surface area contributed by atoms with Crippen LogP contribution in [0.25, 0.3) is 0 Å². The Bertz CT molecular complexity index is 138. The van der Waals surface area contributed by atoms with Crippen molar-refractivity contribution in [3.8, 4) is 0 Å². The molecule has 0 heterocycles. The molecule has 0 radical (unpaired) electrons. The van der Waals surface area contributed by atoms with Crippen LogP contribution in [0.3, 0.4) is 0 Å². The number of hydrogen-bond donors (Lipinski definition) is 0. The van der Waals surface area contributed by atoms with E-state index in [1.54, 1.807) is 0 Å². The van der Waals surface area contributed by atoms with Crippen LogP contribution in [0.1, 0.15) is 0 Å². The summed E-state index contributed by atoms with van der Waals surface area (Å²) in [5.41, 5.74) is 0. The van der Waals surface area contributed by atoms with Crippen molar-refractivity contribution in [1.29, 1.82) is 0 Å². The Labute approximate surface area is 145 Å². The van der Waals surface area contributed by atoms with Crippen molar-refractivity contribution < 1.29 is 87.6 Å². The van der Waals surface area contributed by atoms with Gasteiger partial charge in [-0.15, -0.1) is 21.5 Å². The van der Waals surface area contributed by atoms with Gasteiger partial charge in [0.15, 0.2) is 0 Å². The van der Waals surface area contributed by atoms with E-state index in [0.29, 0.717) is 0 Å². The molecule has 0 saturated heterocycles. The standard InChI is InChI=1S/Au.4ClH.2Na.H2O3S2/c;;;;;;;1-5(2,3)4/h;4*1H;;;(H2,1,2,3,4)/q+3;;;;;2*+1;/p-5. The van der Waals surface area contributed by atoms with Crippen molar-refractivity contribution in [3.05, 3.63) is 0 Å². The van der Waals surface area contributed by atoms with E-state index < -0.39 is 24.3 Å². The maximum absolute atomic E-state index is 8.89.